The number of sulfone groups is 1. The van der Waals surface area contributed by atoms with Gasteiger partial charge in [-0.15, -0.1) is 0 Å². The number of hydrogen-bond acceptors (Lipinski definition) is 5. The molecule has 1 saturated carbocycles. The van der Waals surface area contributed by atoms with E-state index in [2.05, 4.69) is 17.2 Å². The highest BCUT2D eigenvalue weighted by molar-refractivity contribution is 7.92. The van der Waals surface area contributed by atoms with Crippen LogP contribution < -0.4 is 10.9 Å². The van der Waals surface area contributed by atoms with Crippen LogP contribution in [0.1, 0.15) is 46.1 Å². The van der Waals surface area contributed by atoms with Crippen LogP contribution in [0.4, 0.5) is 11.5 Å². The molecular formula is C21H26N4O3S. The summed E-state index contributed by atoms with van der Waals surface area (Å²) in [6, 6.07) is 8.73. The minimum Gasteiger partial charge on any atom is -0.338 e. The predicted molar refractivity (Wildman–Crippen MR) is 114 cm³/mol. The number of fused-ring (bicyclic) bond motifs is 1. The lowest BCUT2D eigenvalue weighted by Crippen LogP contribution is -2.14. The van der Waals surface area contributed by atoms with Crippen molar-refractivity contribution in [3.05, 3.63) is 46.9 Å². The Balaban J connectivity index is 1.73. The number of benzene rings is 1. The minimum absolute atomic E-state index is 0.194. The lowest BCUT2D eigenvalue weighted by atomic mass is 10.1. The standard InChI is InChI=1S/C21H26N4O3S/c1-13(2)29(27,28)16-9-7-15(8-10-16)23-20-19-18(11-12-22-21(19)26)25(24-20)17-6-4-5-14(17)3/h7-14,17H,4-6H2,1-3H3,(H,22,26)(H,23,24)/t14-,17?/m0/s1. The molecule has 1 aliphatic carbocycles. The molecule has 3 aromatic rings. The summed E-state index contributed by atoms with van der Waals surface area (Å²) >= 11 is 0. The smallest absolute Gasteiger partial charge is 0.261 e. The molecule has 2 heterocycles. The van der Waals surface area contributed by atoms with Crippen LogP contribution in [0.25, 0.3) is 10.9 Å². The van der Waals surface area contributed by atoms with Crippen LogP contribution in [0.2, 0.25) is 0 Å². The van der Waals surface area contributed by atoms with Gasteiger partial charge >= 0.3 is 0 Å². The number of aromatic nitrogens is 3. The Morgan fingerprint density at radius 2 is 1.90 bits per heavy atom. The van der Waals surface area contributed by atoms with Crippen molar-refractivity contribution in [2.45, 2.75) is 56.2 Å². The van der Waals surface area contributed by atoms with E-state index < -0.39 is 15.1 Å². The van der Waals surface area contributed by atoms with Crippen molar-refractivity contribution in [2.24, 2.45) is 5.92 Å². The van der Waals surface area contributed by atoms with Gasteiger partial charge < -0.3 is 10.3 Å². The van der Waals surface area contributed by atoms with Gasteiger partial charge in [0.2, 0.25) is 0 Å². The molecule has 0 aliphatic heterocycles. The monoisotopic (exact) mass is 414 g/mol. The summed E-state index contributed by atoms with van der Waals surface area (Å²) in [7, 11) is -3.32. The van der Waals surface area contributed by atoms with E-state index in [4.69, 9.17) is 5.10 Å². The fourth-order valence-electron chi connectivity index (χ4n) is 4.07. The number of rotatable bonds is 5. The summed E-state index contributed by atoms with van der Waals surface area (Å²) in [4.78, 5) is 15.5. The number of aromatic amines is 1. The Morgan fingerprint density at radius 1 is 1.17 bits per heavy atom. The van der Waals surface area contributed by atoms with E-state index in [1.54, 1.807) is 44.3 Å². The van der Waals surface area contributed by atoms with Gasteiger partial charge in [0.1, 0.15) is 5.39 Å². The molecule has 0 amide bonds. The van der Waals surface area contributed by atoms with E-state index in [1.165, 1.54) is 0 Å². The van der Waals surface area contributed by atoms with Crippen molar-refractivity contribution in [2.75, 3.05) is 5.32 Å². The van der Waals surface area contributed by atoms with Gasteiger partial charge in [0.15, 0.2) is 15.7 Å². The largest absolute Gasteiger partial charge is 0.338 e. The summed E-state index contributed by atoms with van der Waals surface area (Å²) in [5.74, 6) is 0.992. The molecule has 1 aliphatic rings. The summed E-state index contributed by atoms with van der Waals surface area (Å²) in [6.07, 6.45) is 5.01. The van der Waals surface area contributed by atoms with Crippen molar-refractivity contribution in [1.82, 2.24) is 14.8 Å². The Bertz CT molecular complexity index is 1190. The van der Waals surface area contributed by atoms with Crippen LogP contribution in [0.15, 0.2) is 46.2 Å². The Kier molecular flexibility index (Phi) is 4.98. The first-order valence-electron chi connectivity index (χ1n) is 10.00. The second kappa shape index (κ2) is 7.33. The lowest BCUT2D eigenvalue weighted by Gasteiger charge is -2.16. The van der Waals surface area contributed by atoms with Crippen molar-refractivity contribution in [3.8, 4) is 0 Å². The molecule has 8 heteroatoms. The van der Waals surface area contributed by atoms with Crippen LogP contribution in [-0.4, -0.2) is 28.4 Å². The first-order valence-corrected chi connectivity index (χ1v) is 11.5. The Hall–Kier alpha value is -2.61. The van der Waals surface area contributed by atoms with E-state index in [-0.39, 0.29) is 16.5 Å². The van der Waals surface area contributed by atoms with Gasteiger partial charge in [0.05, 0.1) is 21.7 Å². The lowest BCUT2D eigenvalue weighted by molar-refractivity contribution is 0.386. The molecule has 1 fully saturated rings. The fraction of sp³-hybridized carbons (Fsp3) is 0.429. The molecule has 7 nitrogen and oxygen atoms in total. The maximum absolute atomic E-state index is 12.5. The Labute approximate surface area is 170 Å². The molecule has 154 valence electrons. The van der Waals surface area contributed by atoms with E-state index >= 15 is 0 Å². The zero-order valence-corrected chi connectivity index (χ0v) is 17.7. The van der Waals surface area contributed by atoms with Crippen LogP contribution in [0.3, 0.4) is 0 Å². The molecular weight excluding hydrogens is 388 g/mol. The number of pyridine rings is 1. The molecule has 2 aromatic heterocycles. The highest BCUT2D eigenvalue weighted by atomic mass is 32.2. The molecule has 1 unspecified atom stereocenters. The number of anilines is 2. The second-order valence-electron chi connectivity index (χ2n) is 8.08. The fourth-order valence-corrected chi connectivity index (χ4v) is 5.13. The topological polar surface area (TPSA) is 96.8 Å². The van der Waals surface area contributed by atoms with E-state index in [0.717, 1.165) is 24.8 Å². The van der Waals surface area contributed by atoms with Crippen LogP contribution >= 0.6 is 0 Å². The highest BCUT2D eigenvalue weighted by Gasteiger charge is 2.28. The number of nitrogens with zero attached hydrogens (tertiary/aromatic N) is 2. The third kappa shape index (κ3) is 3.46. The zero-order valence-electron chi connectivity index (χ0n) is 16.8. The molecule has 0 saturated heterocycles. The maximum Gasteiger partial charge on any atom is 0.261 e. The third-order valence-corrected chi connectivity index (χ3v) is 8.00. The van der Waals surface area contributed by atoms with Crippen molar-refractivity contribution < 1.29 is 8.42 Å². The second-order valence-corrected chi connectivity index (χ2v) is 10.6. The van der Waals surface area contributed by atoms with E-state index in [1.807, 2.05) is 10.7 Å². The summed E-state index contributed by atoms with van der Waals surface area (Å²) in [5.41, 5.74) is 1.30. The van der Waals surface area contributed by atoms with Gasteiger partial charge in [-0.3, -0.25) is 9.48 Å². The Morgan fingerprint density at radius 3 is 2.52 bits per heavy atom. The normalized spacial score (nSPS) is 19.9. The molecule has 0 spiro atoms. The van der Waals surface area contributed by atoms with Gasteiger partial charge in [-0.1, -0.05) is 13.3 Å². The average Bonchev–Trinajstić information content (AvgIpc) is 3.26. The maximum atomic E-state index is 12.5. The number of nitrogens with one attached hydrogen (secondary N) is 2. The molecule has 0 radical (unpaired) electrons. The van der Waals surface area contributed by atoms with Crippen LogP contribution in [0, 0.1) is 5.92 Å². The van der Waals surface area contributed by atoms with Crippen LogP contribution in [-0.2, 0) is 9.84 Å². The van der Waals surface area contributed by atoms with Gasteiger partial charge in [0.25, 0.3) is 5.56 Å². The molecule has 4 rings (SSSR count). The van der Waals surface area contributed by atoms with Crippen molar-refractivity contribution >= 4 is 32.2 Å². The summed E-state index contributed by atoms with van der Waals surface area (Å²) < 4.78 is 26.6. The average molecular weight is 415 g/mol. The van der Waals surface area contributed by atoms with Gasteiger partial charge in [-0.05, 0) is 62.9 Å². The molecule has 1 aromatic carbocycles. The number of H-pyrrole nitrogens is 1. The van der Waals surface area contributed by atoms with Gasteiger partial charge in [-0.25, -0.2) is 8.42 Å². The quantitative estimate of drug-likeness (QED) is 0.657. The molecule has 0 bridgehead atoms. The van der Waals surface area contributed by atoms with E-state index in [9.17, 15) is 13.2 Å². The first kappa shape index (κ1) is 19.7. The summed E-state index contributed by atoms with van der Waals surface area (Å²) in [6.45, 7) is 5.55. The predicted octanol–water partition coefficient (Wildman–Crippen LogP) is 4.01. The van der Waals surface area contributed by atoms with E-state index in [0.29, 0.717) is 22.8 Å². The molecule has 2 atom stereocenters. The molecule has 29 heavy (non-hydrogen) atoms. The minimum atomic E-state index is -3.32. The van der Waals surface area contributed by atoms with Gasteiger partial charge in [0, 0.05) is 11.9 Å². The number of hydrogen-bond donors (Lipinski definition) is 2. The highest BCUT2D eigenvalue weighted by Crippen LogP contribution is 2.38. The SMILES string of the molecule is CC(C)S(=O)(=O)c1ccc(Nc2nn(C3CCC[C@@H]3C)c3cc[nH]c(=O)c23)cc1. The van der Waals surface area contributed by atoms with Gasteiger partial charge in [-0.2, -0.15) is 5.10 Å². The third-order valence-electron chi connectivity index (χ3n) is 5.83. The van der Waals surface area contributed by atoms with Crippen LogP contribution in [0.5, 0.6) is 0 Å². The van der Waals surface area contributed by atoms with Crippen molar-refractivity contribution in [3.63, 3.8) is 0 Å². The summed E-state index contributed by atoms with van der Waals surface area (Å²) in [5, 5.41) is 7.99. The first-order chi connectivity index (χ1) is 13.8. The molecule has 2 N–H and O–H groups in total. The zero-order chi connectivity index (χ0) is 20.8. The van der Waals surface area contributed by atoms with Crippen molar-refractivity contribution in [1.29, 1.82) is 0 Å².